The van der Waals surface area contributed by atoms with Crippen LogP contribution in [0.5, 0.6) is 5.75 Å². The Morgan fingerprint density at radius 1 is 0.871 bits per heavy atom. The SMILES string of the molecule is CCCCCCCCCOc1ccc2ccccc2c1CN1CCN(CCC#N)CC1. The fourth-order valence-electron chi connectivity index (χ4n) is 4.46. The summed E-state index contributed by atoms with van der Waals surface area (Å²) in [5.74, 6) is 1.05. The number of ether oxygens (including phenoxy) is 1. The number of unbranched alkanes of at least 4 members (excludes halogenated alkanes) is 6. The van der Waals surface area contributed by atoms with Gasteiger partial charge in [-0.2, -0.15) is 5.26 Å². The Labute approximate surface area is 188 Å². The molecule has 0 N–H and O–H groups in total. The van der Waals surface area contributed by atoms with Crippen molar-refractivity contribution in [1.82, 2.24) is 9.80 Å². The monoisotopic (exact) mass is 421 g/mol. The van der Waals surface area contributed by atoms with Crippen molar-refractivity contribution in [2.75, 3.05) is 39.3 Å². The average molecular weight is 422 g/mol. The van der Waals surface area contributed by atoms with Gasteiger partial charge in [0.1, 0.15) is 5.75 Å². The van der Waals surface area contributed by atoms with Gasteiger partial charge >= 0.3 is 0 Å². The van der Waals surface area contributed by atoms with Gasteiger partial charge in [0.05, 0.1) is 12.7 Å². The molecule has 0 saturated carbocycles. The number of fused-ring (bicyclic) bond motifs is 1. The van der Waals surface area contributed by atoms with E-state index < -0.39 is 0 Å². The Kier molecular flexibility index (Phi) is 10.2. The molecule has 0 bridgehead atoms. The normalized spacial score (nSPS) is 15.2. The highest BCUT2D eigenvalue weighted by atomic mass is 16.5. The summed E-state index contributed by atoms with van der Waals surface area (Å²) >= 11 is 0. The molecule has 0 radical (unpaired) electrons. The van der Waals surface area contributed by atoms with Crippen LogP contribution in [-0.2, 0) is 6.54 Å². The van der Waals surface area contributed by atoms with Crippen molar-refractivity contribution in [1.29, 1.82) is 5.26 Å². The molecule has 0 aromatic heterocycles. The van der Waals surface area contributed by atoms with Gasteiger partial charge in [-0.15, -0.1) is 0 Å². The minimum Gasteiger partial charge on any atom is -0.493 e. The lowest BCUT2D eigenvalue weighted by Gasteiger charge is -2.34. The Bertz CT molecular complexity index is 821. The van der Waals surface area contributed by atoms with Crippen LogP contribution in [0.4, 0.5) is 0 Å². The minimum atomic E-state index is 0.625. The Morgan fingerprint density at radius 3 is 2.35 bits per heavy atom. The third kappa shape index (κ3) is 7.52. The second kappa shape index (κ2) is 13.3. The molecule has 2 aromatic rings. The van der Waals surface area contributed by atoms with Crippen molar-refractivity contribution in [3.05, 3.63) is 42.0 Å². The summed E-state index contributed by atoms with van der Waals surface area (Å²) in [5, 5.41) is 11.4. The predicted molar refractivity (Wildman–Crippen MR) is 129 cm³/mol. The van der Waals surface area contributed by atoms with Crippen LogP contribution in [0.15, 0.2) is 36.4 Å². The fraction of sp³-hybridized carbons (Fsp3) is 0.593. The summed E-state index contributed by atoms with van der Waals surface area (Å²) in [6.45, 7) is 9.08. The zero-order valence-electron chi connectivity index (χ0n) is 19.3. The van der Waals surface area contributed by atoms with Crippen molar-refractivity contribution in [2.24, 2.45) is 0 Å². The molecule has 0 spiro atoms. The van der Waals surface area contributed by atoms with E-state index in [1.807, 2.05) is 0 Å². The molecule has 1 saturated heterocycles. The number of benzene rings is 2. The van der Waals surface area contributed by atoms with Crippen molar-refractivity contribution < 1.29 is 4.74 Å². The fourth-order valence-corrected chi connectivity index (χ4v) is 4.46. The zero-order valence-corrected chi connectivity index (χ0v) is 19.3. The quantitative estimate of drug-likeness (QED) is 0.372. The number of hydrogen-bond acceptors (Lipinski definition) is 4. The van der Waals surface area contributed by atoms with Crippen molar-refractivity contribution in [3.63, 3.8) is 0 Å². The first kappa shape index (κ1) is 23.6. The standard InChI is InChI=1S/C27H39N3O/c1-2-3-4-5-6-7-10-22-31-27-15-14-24-12-8-9-13-25(24)26(27)23-30-20-18-29(19-21-30)17-11-16-28/h8-9,12-15H,2-7,10-11,17-23H2,1H3. The highest BCUT2D eigenvalue weighted by molar-refractivity contribution is 5.87. The van der Waals surface area contributed by atoms with Crippen LogP contribution < -0.4 is 4.74 Å². The van der Waals surface area contributed by atoms with Gasteiger partial charge in [0.25, 0.3) is 0 Å². The molecule has 4 heteroatoms. The van der Waals surface area contributed by atoms with Gasteiger partial charge in [-0.05, 0) is 23.3 Å². The first-order chi connectivity index (χ1) is 15.3. The molecule has 0 aliphatic carbocycles. The van der Waals surface area contributed by atoms with Gasteiger partial charge in [0, 0.05) is 51.3 Å². The predicted octanol–water partition coefficient (Wildman–Crippen LogP) is 6.00. The molecule has 0 atom stereocenters. The van der Waals surface area contributed by atoms with E-state index >= 15 is 0 Å². The van der Waals surface area contributed by atoms with Crippen LogP contribution in [0.25, 0.3) is 10.8 Å². The third-order valence-corrected chi connectivity index (χ3v) is 6.39. The molecule has 1 aliphatic rings. The first-order valence-corrected chi connectivity index (χ1v) is 12.3. The summed E-state index contributed by atoms with van der Waals surface area (Å²) in [7, 11) is 0. The second-order valence-corrected chi connectivity index (χ2v) is 8.76. The lowest BCUT2D eigenvalue weighted by molar-refractivity contribution is 0.128. The molecule has 1 fully saturated rings. The van der Waals surface area contributed by atoms with Gasteiger partial charge in [0.2, 0.25) is 0 Å². The molecule has 2 aromatic carbocycles. The summed E-state index contributed by atoms with van der Waals surface area (Å²) in [6, 6.07) is 15.3. The van der Waals surface area contributed by atoms with Crippen LogP contribution in [0.1, 0.15) is 63.9 Å². The van der Waals surface area contributed by atoms with Crippen LogP contribution in [0.2, 0.25) is 0 Å². The average Bonchev–Trinajstić information content (AvgIpc) is 2.81. The molecule has 4 nitrogen and oxygen atoms in total. The van der Waals surface area contributed by atoms with Gasteiger partial charge in [-0.3, -0.25) is 9.80 Å². The van der Waals surface area contributed by atoms with Gasteiger partial charge in [-0.1, -0.05) is 75.8 Å². The molecule has 168 valence electrons. The molecular formula is C27H39N3O. The van der Waals surface area contributed by atoms with Crippen molar-refractivity contribution in [3.8, 4) is 11.8 Å². The van der Waals surface area contributed by atoms with E-state index in [4.69, 9.17) is 10.00 Å². The summed E-state index contributed by atoms with van der Waals surface area (Å²) in [4.78, 5) is 4.94. The lowest BCUT2D eigenvalue weighted by Crippen LogP contribution is -2.46. The highest BCUT2D eigenvalue weighted by Gasteiger charge is 2.19. The van der Waals surface area contributed by atoms with E-state index in [2.05, 4.69) is 59.2 Å². The van der Waals surface area contributed by atoms with E-state index in [0.717, 1.165) is 58.0 Å². The van der Waals surface area contributed by atoms with Gasteiger partial charge < -0.3 is 4.74 Å². The Morgan fingerprint density at radius 2 is 1.58 bits per heavy atom. The maximum atomic E-state index is 8.83. The maximum absolute atomic E-state index is 8.83. The number of nitriles is 1. The second-order valence-electron chi connectivity index (χ2n) is 8.76. The van der Waals surface area contributed by atoms with E-state index in [1.165, 1.54) is 54.9 Å². The zero-order chi connectivity index (χ0) is 21.7. The van der Waals surface area contributed by atoms with Crippen LogP contribution in [0, 0.1) is 11.3 Å². The van der Waals surface area contributed by atoms with E-state index in [0.29, 0.717) is 6.42 Å². The van der Waals surface area contributed by atoms with Gasteiger partial charge in [0.15, 0.2) is 0 Å². The number of rotatable bonds is 13. The largest absolute Gasteiger partial charge is 0.493 e. The lowest BCUT2D eigenvalue weighted by atomic mass is 10.0. The minimum absolute atomic E-state index is 0.625. The first-order valence-electron chi connectivity index (χ1n) is 12.3. The summed E-state index contributed by atoms with van der Waals surface area (Å²) in [5.41, 5.74) is 1.33. The van der Waals surface area contributed by atoms with Crippen molar-refractivity contribution in [2.45, 2.75) is 64.8 Å². The van der Waals surface area contributed by atoms with E-state index in [9.17, 15) is 0 Å². The topological polar surface area (TPSA) is 39.5 Å². The maximum Gasteiger partial charge on any atom is 0.124 e. The third-order valence-electron chi connectivity index (χ3n) is 6.39. The van der Waals surface area contributed by atoms with E-state index in [-0.39, 0.29) is 0 Å². The number of hydrogen-bond donors (Lipinski definition) is 0. The Balaban J connectivity index is 1.57. The molecule has 1 heterocycles. The molecular weight excluding hydrogens is 382 g/mol. The van der Waals surface area contributed by atoms with Crippen LogP contribution in [-0.4, -0.2) is 49.1 Å². The summed E-state index contributed by atoms with van der Waals surface area (Å²) in [6.07, 6.45) is 9.74. The van der Waals surface area contributed by atoms with Crippen LogP contribution in [0.3, 0.4) is 0 Å². The number of piperazine rings is 1. The van der Waals surface area contributed by atoms with Crippen molar-refractivity contribution >= 4 is 10.8 Å². The van der Waals surface area contributed by atoms with Crippen LogP contribution >= 0.6 is 0 Å². The number of nitrogens with zero attached hydrogens (tertiary/aromatic N) is 3. The Hall–Kier alpha value is -2.09. The molecule has 0 amide bonds. The summed E-state index contributed by atoms with van der Waals surface area (Å²) < 4.78 is 6.32. The van der Waals surface area contributed by atoms with Gasteiger partial charge in [-0.25, -0.2) is 0 Å². The molecule has 3 rings (SSSR count). The molecule has 31 heavy (non-hydrogen) atoms. The molecule has 1 aliphatic heterocycles. The smallest absolute Gasteiger partial charge is 0.124 e. The van der Waals surface area contributed by atoms with E-state index in [1.54, 1.807) is 0 Å². The highest BCUT2D eigenvalue weighted by Crippen LogP contribution is 2.30. The molecule has 0 unspecified atom stereocenters.